The molecule has 73 heavy (non-hydrogen) atoms. The number of para-hydroxylation sites is 2. The molecule has 0 radical (unpaired) electrons. The summed E-state index contributed by atoms with van der Waals surface area (Å²) in [4.78, 5) is 10.7. The number of hydrogen-bond acceptors (Lipinski definition) is 3. The molecule has 0 unspecified atom stereocenters. The standard InChI is InChI=1S/C69H57N3O/c1-69(2,57-29-13-6-14-30-57)58-31-17-28-52(45-58)53-38-39-70-63(46-53)56-43-54(49-22-7-3-8-23-49)42-55(44-56)59-32-19-35-65-66(59)71-68(61-34-18-33-60(67(61)73)50-24-9-4-10-25-50)72(65)64-37-36-48(40-47-20-15-16-21-47)41-62(64)51-26-11-5-12-27-51/h3-14,17-19,22-39,41-47,73H,15-16,20-21,40H2,1-2H3. The topological polar surface area (TPSA) is 50.9 Å². The van der Waals surface area contributed by atoms with E-state index < -0.39 is 0 Å². The van der Waals surface area contributed by atoms with Crippen molar-refractivity contribution in [3.05, 3.63) is 253 Å². The number of fused-ring (bicyclic) bond motifs is 1. The smallest absolute Gasteiger partial charge is 0.149 e. The quantitative estimate of drug-likeness (QED) is 0.133. The molecule has 1 saturated carbocycles. The Morgan fingerprint density at radius 3 is 1.78 bits per heavy atom. The minimum absolute atomic E-state index is 0.176. The average Bonchev–Trinajstić information content (AvgIpc) is 4.12. The van der Waals surface area contributed by atoms with Gasteiger partial charge in [0.2, 0.25) is 0 Å². The Morgan fingerprint density at radius 1 is 0.466 bits per heavy atom. The molecule has 1 aliphatic carbocycles. The number of hydrogen-bond donors (Lipinski definition) is 1. The average molecular weight is 944 g/mol. The summed E-state index contributed by atoms with van der Waals surface area (Å²) in [5.41, 5.74) is 19.5. The van der Waals surface area contributed by atoms with E-state index in [1.165, 1.54) is 42.4 Å². The summed E-state index contributed by atoms with van der Waals surface area (Å²) in [6, 6.07) is 81.8. The number of aromatic nitrogens is 3. The van der Waals surface area contributed by atoms with E-state index in [4.69, 9.17) is 9.97 Å². The van der Waals surface area contributed by atoms with Gasteiger partial charge in [0.15, 0.2) is 0 Å². The van der Waals surface area contributed by atoms with Crippen molar-refractivity contribution in [2.45, 2.75) is 51.4 Å². The Morgan fingerprint density at radius 2 is 1.04 bits per heavy atom. The van der Waals surface area contributed by atoms with Crippen LogP contribution in [0.15, 0.2) is 237 Å². The molecule has 11 aromatic rings. The third kappa shape index (κ3) is 8.95. The van der Waals surface area contributed by atoms with E-state index in [0.717, 1.165) is 90.0 Å². The third-order valence-electron chi connectivity index (χ3n) is 15.3. The fourth-order valence-electron chi connectivity index (χ4n) is 11.2. The highest BCUT2D eigenvalue weighted by atomic mass is 16.3. The molecule has 1 aliphatic rings. The zero-order chi connectivity index (χ0) is 49.3. The summed E-state index contributed by atoms with van der Waals surface area (Å²) >= 11 is 0. The Hall–Kier alpha value is -8.60. The van der Waals surface area contributed by atoms with E-state index in [2.05, 4.69) is 200 Å². The molecule has 0 bridgehead atoms. The third-order valence-corrected chi connectivity index (χ3v) is 15.3. The lowest BCUT2D eigenvalue weighted by Crippen LogP contribution is -2.18. The van der Waals surface area contributed by atoms with Crippen molar-refractivity contribution in [2.75, 3.05) is 0 Å². The highest BCUT2D eigenvalue weighted by molar-refractivity contribution is 5.99. The summed E-state index contributed by atoms with van der Waals surface area (Å²) < 4.78 is 2.28. The molecule has 2 aromatic heterocycles. The van der Waals surface area contributed by atoms with Crippen LogP contribution in [0.5, 0.6) is 5.75 Å². The predicted molar refractivity (Wildman–Crippen MR) is 303 cm³/mol. The van der Waals surface area contributed by atoms with E-state index in [-0.39, 0.29) is 11.2 Å². The van der Waals surface area contributed by atoms with Gasteiger partial charge in [0.1, 0.15) is 11.6 Å². The number of aromatic hydroxyl groups is 1. The largest absolute Gasteiger partial charge is 0.507 e. The van der Waals surface area contributed by atoms with Gasteiger partial charge in [0, 0.05) is 33.9 Å². The normalized spacial score (nSPS) is 12.9. The molecule has 9 aromatic carbocycles. The molecule has 2 heterocycles. The molecule has 0 spiro atoms. The number of benzene rings is 9. The van der Waals surface area contributed by atoms with Gasteiger partial charge in [-0.25, -0.2) is 4.98 Å². The van der Waals surface area contributed by atoms with Crippen molar-refractivity contribution in [1.82, 2.24) is 14.5 Å². The molecule has 0 aliphatic heterocycles. The van der Waals surface area contributed by atoms with Gasteiger partial charge in [0.25, 0.3) is 0 Å². The second-order valence-electron chi connectivity index (χ2n) is 20.3. The first-order chi connectivity index (χ1) is 35.9. The second-order valence-corrected chi connectivity index (χ2v) is 20.3. The first-order valence-electron chi connectivity index (χ1n) is 25.8. The minimum atomic E-state index is -0.176. The van der Waals surface area contributed by atoms with Crippen LogP contribution in [0, 0.1) is 5.92 Å². The van der Waals surface area contributed by atoms with E-state index in [1.807, 2.05) is 54.7 Å². The van der Waals surface area contributed by atoms with Gasteiger partial charge in [-0.2, -0.15) is 0 Å². The number of rotatable bonds is 12. The molecule has 12 rings (SSSR count). The van der Waals surface area contributed by atoms with Gasteiger partial charge in [-0.3, -0.25) is 9.55 Å². The maximum absolute atomic E-state index is 12.4. The van der Waals surface area contributed by atoms with Crippen LogP contribution in [0.4, 0.5) is 0 Å². The number of pyridine rings is 1. The maximum atomic E-state index is 12.4. The van der Waals surface area contributed by atoms with Crippen molar-refractivity contribution in [2.24, 2.45) is 5.92 Å². The van der Waals surface area contributed by atoms with Crippen LogP contribution >= 0.6 is 0 Å². The number of imidazole rings is 1. The van der Waals surface area contributed by atoms with Crippen LogP contribution in [-0.4, -0.2) is 19.6 Å². The molecule has 1 fully saturated rings. The summed E-state index contributed by atoms with van der Waals surface area (Å²) in [6.45, 7) is 4.59. The summed E-state index contributed by atoms with van der Waals surface area (Å²) in [5.74, 6) is 1.57. The molecule has 4 heteroatoms. The molecule has 354 valence electrons. The summed E-state index contributed by atoms with van der Waals surface area (Å²) in [6.07, 6.45) is 8.20. The number of phenolic OH excluding ortho intramolecular Hbond substituents is 1. The molecule has 0 amide bonds. The fourth-order valence-corrected chi connectivity index (χ4v) is 11.2. The van der Waals surface area contributed by atoms with Gasteiger partial charge < -0.3 is 5.11 Å². The number of phenols is 1. The van der Waals surface area contributed by atoms with Crippen molar-refractivity contribution >= 4 is 11.0 Å². The lowest BCUT2D eigenvalue weighted by atomic mass is 9.77. The Bertz CT molecular complexity index is 3740. The van der Waals surface area contributed by atoms with Gasteiger partial charge in [-0.15, -0.1) is 0 Å². The van der Waals surface area contributed by atoms with Gasteiger partial charge in [-0.05, 0) is 123 Å². The zero-order valence-corrected chi connectivity index (χ0v) is 41.4. The van der Waals surface area contributed by atoms with E-state index >= 15 is 0 Å². The lowest BCUT2D eigenvalue weighted by Gasteiger charge is -2.26. The monoisotopic (exact) mass is 943 g/mol. The minimum Gasteiger partial charge on any atom is -0.507 e. The van der Waals surface area contributed by atoms with Crippen molar-refractivity contribution in [3.63, 3.8) is 0 Å². The lowest BCUT2D eigenvalue weighted by molar-refractivity contribution is 0.479. The van der Waals surface area contributed by atoms with E-state index in [0.29, 0.717) is 17.3 Å². The van der Waals surface area contributed by atoms with Crippen LogP contribution in [0.1, 0.15) is 56.2 Å². The van der Waals surface area contributed by atoms with Crippen LogP contribution in [0.25, 0.3) is 95.0 Å². The first-order valence-corrected chi connectivity index (χ1v) is 25.8. The summed E-state index contributed by atoms with van der Waals surface area (Å²) in [7, 11) is 0. The molecule has 1 N–H and O–H groups in total. The number of nitrogens with zero attached hydrogens (tertiary/aromatic N) is 3. The van der Waals surface area contributed by atoms with Crippen molar-refractivity contribution in [3.8, 4) is 89.7 Å². The van der Waals surface area contributed by atoms with Crippen molar-refractivity contribution in [1.29, 1.82) is 0 Å². The van der Waals surface area contributed by atoms with Crippen LogP contribution in [-0.2, 0) is 11.8 Å². The molecule has 4 nitrogen and oxygen atoms in total. The molecule has 0 atom stereocenters. The second kappa shape index (κ2) is 19.5. The zero-order valence-electron chi connectivity index (χ0n) is 41.4. The van der Waals surface area contributed by atoms with E-state index in [9.17, 15) is 5.11 Å². The maximum Gasteiger partial charge on any atom is 0.149 e. The molecular formula is C69H57N3O. The highest BCUT2D eigenvalue weighted by Crippen LogP contribution is 2.45. The Kier molecular flexibility index (Phi) is 12.2. The Labute approximate surface area is 429 Å². The molecule has 0 saturated heterocycles. The summed E-state index contributed by atoms with van der Waals surface area (Å²) in [5, 5.41) is 12.4. The van der Waals surface area contributed by atoms with E-state index in [1.54, 1.807) is 0 Å². The fraction of sp³-hybridized carbons (Fsp3) is 0.130. The first kappa shape index (κ1) is 45.5. The van der Waals surface area contributed by atoms with Crippen molar-refractivity contribution < 1.29 is 5.11 Å². The van der Waals surface area contributed by atoms with Gasteiger partial charge in [0.05, 0.1) is 28.0 Å². The molecular weight excluding hydrogens is 887 g/mol. The van der Waals surface area contributed by atoms with Gasteiger partial charge >= 0.3 is 0 Å². The van der Waals surface area contributed by atoms with Crippen LogP contribution < -0.4 is 0 Å². The predicted octanol–water partition coefficient (Wildman–Crippen LogP) is 17.9. The van der Waals surface area contributed by atoms with Gasteiger partial charge in [-0.1, -0.05) is 215 Å². The Balaban J connectivity index is 1.05. The van der Waals surface area contributed by atoms with Crippen LogP contribution in [0.2, 0.25) is 0 Å². The van der Waals surface area contributed by atoms with Crippen LogP contribution in [0.3, 0.4) is 0 Å². The highest BCUT2D eigenvalue weighted by Gasteiger charge is 2.26. The SMILES string of the molecule is CC(C)(c1ccccc1)c1cccc(-c2ccnc(-c3cc(-c4ccccc4)cc(-c4cccc5c4nc(-c4cccc(-c6ccccc6)c4O)n5-c4ccc(CC5CCCC5)cc4-c4ccccc4)c3)c2)c1.